The van der Waals surface area contributed by atoms with Crippen molar-refractivity contribution in [1.29, 1.82) is 0 Å². The Morgan fingerprint density at radius 1 is 1.00 bits per heavy atom. The average Bonchev–Trinajstić information content (AvgIpc) is 2.77. The number of carbonyl (C=O) groups excluding carboxylic acids is 2. The maximum Gasteiger partial charge on any atom is 0.260 e. The second-order valence-electron chi connectivity index (χ2n) is 7.22. The number of benzene rings is 2. The highest BCUT2D eigenvalue weighted by atomic mass is 16.5. The van der Waals surface area contributed by atoms with E-state index in [1.54, 1.807) is 36.4 Å². The second-order valence-corrected chi connectivity index (χ2v) is 7.22. The van der Waals surface area contributed by atoms with Gasteiger partial charge < -0.3 is 15.0 Å². The zero-order valence-electron chi connectivity index (χ0n) is 16.4. The number of likely N-dealkylation sites (tertiary alicyclic amines) is 1. The molecular formula is C23H28N2O3. The van der Waals surface area contributed by atoms with Gasteiger partial charge >= 0.3 is 0 Å². The fourth-order valence-electron chi connectivity index (χ4n) is 3.51. The number of amides is 1. The summed E-state index contributed by atoms with van der Waals surface area (Å²) in [6.07, 6.45) is 3.29. The van der Waals surface area contributed by atoms with E-state index in [2.05, 4.69) is 5.32 Å². The summed E-state index contributed by atoms with van der Waals surface area (Å²) in [5.41, 5.74) is 1.26. The van der Waals surface area contributed by atoms with Crippen LogP contribution in [0, 0.1) is 5.92 Å². The van der Waals surface area contributed by atoms with E-state index in [9.17, 15) is 9.59 Å². The number of ether oxygens (including phenoxy) is 1. The fraction of sp³-hybridized carbons (Fsp3) is 0.391. The first-order valence-corrected chi connectivity index (χ1v) is 9.92. The molecule has 5 nitrogen and oxygen atoms in total. The molecule has 0 atom stereocenters. The van der Waals surface area contributed by atoms with Crippen molar-refractivity contribution in [2.24, 2.45) is 5.92 Å². The highest BCUT2D eigenvalue weighted by Gasteiger charge is 2.22. The van der Waals surface area contributed by atoms with Crippen molar-refractivity contribution >= 4 is 11.7 Å². The lowest BCUT2D eigenvalue weighted by Gasteiger charge is -2.32. The van der Waals surface area contributed by atoms with Crippen molar-refractivity contribution in [3.63, 3.8) is 0 Å². The molecule has 5 heteroatoms. The molecule has 3 rings (SSSR count). The van der Waals surface area contributed by atoms with E-state index in [0.29, 0.717) is 22.8 Å². The molecule has 0 spiro atoms. The van der Waals surface area contributed by atoms with Gasteiger partial charge in [0.15, 0.2) is 12.4 Å². The predicted molar refractivity (Wildman–Crippen MR) is 110 cm³/mol. The van der Waals surface area contributed by atoms with Crippen LogP contribution in [-0.2, 0) is 4.79 Å². The van der Waals surface area contributed by atoms with E-state index in [1.807, 2.05) is 30.1 Å². The van der Waals surface area contributed by atoms with Gasteiger partial charge in [0.25, 0.3) is 5.91 Å². The Balaban J connectivity index is 1.46. The SMILES string of the molecule is CNCCC1CCN(C(=O)COc2ccc(C(=O)c3ccccc3)cc2)CC1. The lowest BCUT2D eigenvalue weighted by Crippen LogP contribution is -2.41. The maximum atomic E-state index is 12.4. The van der Waals surface area contributed by atoms with Gasteiger partial charge in [-0.05, 0) is 63.0 Å². The zero-order chi connectivity index (χ0) is 19.8. The van der Waals surface area contributed by atoms with Crippen molar-refractivity contribution in [2.75, 3.05) is 33.3 Å². The lowest BCUT2D eigenvalue weighted by atomic mass is 9.93. The van der Waals surface area contributed by atoms with Gasteiger partial charge in [-0.2, -0.15) is 0 Å². The van der Waals surface area contributed by atoms with Crippen LogP contribution in [0.1, 0.15) is 35.2 Å². The van der Waals surface area contributed by atoms with Crippen LogP contribution in [0.3, 0.4) is 0 Å². The number of nitrogens with zero attached hydrogens (tertiary/aromatic N) is 1. The molecule has 1 N–H and O–H groups in total. The Hall–Kier alpha value is -2.66. The van der Waals surface area contributed by atoms with Gasteiger partial charge in [0, 0.05) is 24.2 Å². The molecule has 0 saturated carbocycles. The molecule has 0 aliphatic carbocycles. The van der Waals surface area contributed by atoms with Crippen LogP contribution in [0.15, 0.2) is 54.6 Å². The summed E-state index contributed by atoms with van der Waals surface area (Å²) in [5.74, 6) is 1.30. The molecule has 0 aromatic heterocycles. The van der Waals surface area contributed by atoms with Crippen LogP contribution < -0.4 is 10.1 Å². The monoisotopic (exact) mass is 380 g/mol. The van der Waals surface area contributed by atoms with E-state index >= 15 is 0 Å². The first-order valence-electron chi connectivity index (χ1n) is 9.92. The number of piperidine rings is 1. The van der Waals surface area contributed by atoms with Gasteiger partial charge in [-0.15, -0.1) is 0 Å². The zero-order valence-corrected chi connectivity index (χ0v) is 16.4. The van der Waals surface area contributed by atoms with Crippen LogP contribution >= 0.6 is 0 Å². The van der Waals surface area contributed by atoms with E-state index in [1.165, 1.54) is 6.42 Å². The summed E-state index contributed by atoms with van der Waals surface area (Å²) in [6, 6.07) is 16.1. The number of hydrogen-bond donors (Lipinski definition) is 1. The van der Waals surface area contributed by atoms with E-state index in [4.69, 9.17) is 4.74 Å². The molecule has 2 aromatic rings. The summed E-state index contributed by atoms with van der Waals surface area (Å²) in [5, 5.41) is 3.19. The summed E-state index contributed by atoms with van der Waals surface area (Å²) in [4.78, 5) is 26.7. The average molecular weight is 380 g/mol. The minimum absolute atomic E-state index is 0.0237. The van der Waals surface area contributed by atoms with Gasteiger partial charge in [0.05, 0.1) is 0 Å². The van der Waals surface area contributed by atoms with Crippen LogP contribution in [0.5, 0.6) is 5.75 Å². The molecule has 1 aliphatic heterocycles. The third-order valence-corrected chi connectivity index (χ3v) is 5.28. The standard InChI is InChI=1S/C23H28N2O3/c1-24-14-11-18-12-15-25(16-13-18)22(26)17-28-21-9-7-20(8-10-21)23(27)19-5-3-2-4-6-19/h2-10,18,24H,11-17H2,1H3. The van der Waals surface area contributed by atoms with Crippen molar-refractivity contribution in [2.45, 2.75) is 19.3 Å². The van der Waals surface area contributed by atoms with Gasteiger partial charge in [-0.1, -0.05) is 30.3 Å². The van der Waals surface area contributed by atoms with Gasteiger partial charge in [0.1, 0.15) is 5.75 Å². The maximum absolute atomic E-state index is 12.4. The Morgan fingerprint density at radius 3 is 2.29 bits per heavy atom. The number of hydrogen-bond acceptors (Lipinski definition) is 4. The van der Waals surface area contributed by atoms with E-state index in [0.717, 1.165) is 32.5 Å². The highest BCUT2D eigenvalue weighted by Crippen LogP contribution is 2.20. The molecule has 1 heterocycles. The van der Waals surface area contributed by atoms with E-state index < -0.39 is 0 Å². The fourth-order valence-corrected chi connectivity index (χ4v) is 3.51. The van der Waals surface area contributed by atoms with Crippen molar-refractivity contribution in [3.8, 4) is 5.75 Å². The Labute approximate surface area is 166 Å². The molecule has 0 bridgehead atoms. The molecule has 28 heavy (non-hydrogen) atoms. The van der Waals surface area contributed by atoms with Crippen LogP contribution in [0.25, 0.3) is 0 Å². The third-order valence-electron chi connectivity index (χ3n) is 5.28. The molecule has 0 unspecified atom stereocenters. The molecular weight excluding hydrogens is 352 g/mol. The van der Waals surface area contributed by atoms with Crippen molar-refractivity contribution < 1.29 is 14.3 Å². The first-order chi connectivity index (χ1) is 13.7. The number of nitrogens with one attached hydrogen (secondary N) is 1. The Kier molecular flexibility index (Phi) is 7.20. The molecule has 1 aliphatic rings. The predicted octanol–water partition coefficient (Wildman–Crippen LogP) is 3.14. The largest absolute Gasteiger partial charge is 0.484 e. The summed E-state index contributed by atoms with van der Waals surface area (Å²) in [6.45, 7) is 2.68. The van der Waals surface area contributed by atoms with Crippen molar-refractivity contribution in [3.05, 3.63) is 65.7 Å². The minimum Gasteiger partial charge on any atom is -0.484 e. The quantitative estimate of drug-likeness (QED) is 0.715. The Bertz CT molecular complexity index is 766. The van der Waals surface area contributed by atoms with Gasteiger partial charge in [-0.25, -0.2) is 0 Å². The number of rotatable bonds is 8. The minimum atomic E-state index is -0.0237. The van der Waals surface area contributed by atoms with Crippen molar-refractivity contribution in [1.82, 2.24) is 10.2 Å². The van der Waals surface area contributed by atoms with E-state index in [-0.39, 0.29) is 18.3 Å². The Morgan fingerprint density at radius 2 is 1.64 bits per heavy atom. The van der Waals surface area contributed by atoms with Crippen LogP contribution in [-0.4, -0.2) is 49.9 Å². The smallest absolute Gasteiger partial charge is 0.260 e. The summed E-state index contributed by atoms with van der Waals surface area (Å²) in [7, 11) is 1.97. The third kappa shape index (κ3) is 5.42. The molecule has 148 valence electrons. The second kappa shape index (κ2) is 10.0. The molecule has 1 fully saturated rings. The first kappa shape index (κ1) is 20.1. The molecule has 0 radical (unpaired) electrons. The molecule has 2 aromatic carbocycles. The molecule has 1 amide bonds. The van der Waals surface area contributed by atoms with Crippen LogP contribution in [0.4, 0.5) is 0 Å². The molecule has 1 saturated heterocycles. The normalized spacial score (nSPS) is 14.7. The highest BCUT2D eigenvalue weighted by molar-refractivity contribution is 6.08. The number of carbonyl (C=O) groups is 2. The summed E-state index contributed by atoms with van der Waals surface area (Å²) < 4.78 is 5.64. The summed E-state index contributed by atoms with van der Waals surface area (Å²) >= 11 is 0. The van der Waals surface area contributed by atoms with Gasteiger partial charge in [0.2, 0.25) is 0 Å². The topological polar surface area (TPSA) is 58.6 Å². The van der Waals surface area contributed by atoms with Crippen LogP contribution in [0.2, 0.25) is 0 Å². The number of ketones is 1. The van der Waals surface area contributed by atoms with Gasteiger partial charge in [-0.3, -0.25) is 9.59 Å². The lowest BCUT2D eigenvalue weighted by molar-refractivity contribution is -0.134.